The molecule has 0 saturated carbocycles. The van der Waals surface area contributed by atoms with Crippen LogP contribution in [-0.4, -0.2) is 44.6 Å². The van der Waals surface area contributed by atoms with Gasteiger partial charge in [-0.15, -0.1) is 0 Å². The highest BCUT2D eigenvalue weighted by Crippen LogP contribution is 2.38. The summed E-state index contributed by atoms with van der Waals surface area (Å²) in [6.07, 6.45) is 3.14. The van der Waals surface area contributed by atoms with E-state index in [1.54, 1.807) is 24.3 Å². The molecule has 4 rings (SSSR count). The normalized spacial score (nSPS) is 11.0. The molecule has 0 aliphatic rings. The summed E-state index contributed by atoms with van der Waals surface area (Å²) in [4.78, 5) is 29.9. The number of carbonyl (C=O) groups excluding carboxylic acids is 2. The third kappa shape index (κ3) is 5.95. The topological polar surface area (TPSA) is 96.0 Å². The molecule has 1 N–H and O–H groups in total. The van der Waals surface area contributed by atoms with Crippen molar-refractivity contribution < 1.29 is 28.5 Å². The maximum atomic E-state index is 12.9. The van der Waals surface area contributed by atoms with Gasteiger partial charge in [0, 0.05) is 5.56 Å². The number of nitrogens with one attached hydrogen (secondary N) is 1. The van der Waals surface area contributed by atoms with Gasteiger partial charge in [-0.2, -0.15) is 0 Å². The summed E-state index contributed by atoms with van der Waals surface area (Å²) in [5, 5.41) is 3.33. The van der Waals surface area contributed by atoms with Crippen LogP contribution in [0.15, 0.2) is 54.6 Å². The smallest absolute Gasteiger partial charge is 0.264 e. The summed E-state index contributed by atoms with van der Waals surface area (Å²) in [7, 11) is 4.50. The summed E-state index contributed by atoms with van der Waals surface area (Å²) < 4.78 is 22.8. The Morgan fingerprint density at radius 2 is 1.66 bits per heavy atom. The van der Waals surface area contributed by atoms with Crippen LogP contribution in [0, 0.1) is 13.8 Å². The quantitative estimate of drug-likeness (QED) is 0.202. The maximum absolute atomic E-state index is 12.9. The molecule has 0 fully saturated rings. The summed E-state index contributed by atoms with van der Waals surface area (Å²) in [5.74, 6) is 1.21. The van der Waals surface area contributed by atoms with Crippen molar-refractivity contribution in [3.8, 4) is 23.0 Å². The standard InChI is InChI=1S/C29H28N2O6S/c1-17-9-10-19(11-12-21(32)20-14-23(34-3)28(36-5)24(15-20)35-4)13-22(17)37-16-26(33)30-29-31-27-18(2)7-6-8-25(27)38-29/h6-15H,16H2,1-5H3,(H,30,31,33)/b12-11+. The summed E-state index contributed by atoms with van der Waals surface area (Å²) in [6, 6.07) is 14.6. The molecule has 196 valence electrons. The van der Waals surface area contributed by atoms with Crippen LogP contribution in [0.2, 0.25) is 0 Å². The van der Waals surface area contributed by atoms with Gasteiger partial charge in [-0.3, -0.25) is 14.9 Å². The molecule has 1 amide bonds. The van der Waals surface area contributed by atoms with Crippen molar-refractivity contribution in [2.45, 2.75) is 13.8 Å². The van der Waals surface area contributed by atoms with Gasteiger partial charge in [0.25, 0.3) is 5.91 Å². The lowest BCUT2D eigenvalue weighted by atomic mass is 10.1. The minimum atomic E-state index is -0.306. The molecule has 0 atom stereocenters. The molecule has 38 heavy (non-hydrogen) atoms. The van der Waals surface area contributed by atoms with E-state index in [1.807, 2.05) is 44.2 Å². The Hall–Kier alpha value is -4.37. The first-order valence-electron chi connectivity index (χ1n) is 11.7. The number of hydrogen-bond acceptors (Lipinski definition) is 8. The van der Waals surface area contributed by atoms with Gasteiger partial charge in [0.15, 0.2) is 29.0 Å². The van der Waals surface area contributed by atoms with Crippen LogP contribution in [0.1, 0.15) is 27.0 Å². The molecule has 0 aliphatic heterocycles. The van der Waals surface area contributed by atoms with E-state index < -0.39 is 0 Å². The van der Waals surface area contributed by atoms with Gasteiger partial charge in [-0.25, -0.2) is 4.98 Å². The molecule has 4 aromatic rings. The Labute approximate surface area is 224 Å². The zero-order chi connectivity index (χ0) is 27.2. The second-order valence-corrected chi connectivity index (χ2v) is 9.44. The van der Waals surface area contributed by atoms with Gasteiger partial charge >= 0.3 is 0 Å². The van der Waals surface area contributed by atoms with Crippen molar-refractivity contribution in [3.05, 3.63) is 76.9 Å². The monoisotopic (exact) mass is 532 g/mol. The molecule has 1 aromatic heterocycles. The van der Waals surface area contributed by atoms with Gasteiger partial charge in [0.2, 0.25) is 5.75 Å². The number of methoxy groups -OCH3 is 3. The number of aryl methyl sites for hydroxylation is 2. The largest absolute Gasteiger partial charge is 0.493 e. The third-order valence-corrected chi connectivity index (χ3v) is 6.75. The van der Waals surface area contributed by atoms with Crippen molar-refractivity contribution in [3.63, 3.8) is 0 Å². The van der Waals surface area contributed by atoms with E-state index >= 15 is 0 Å². The number of fused-ring (bicyclic) bond motifs is 1. The Morgan fingerprint density at radius 3 is 2.32 bits per heavy atom. The number of benzene rings is 3. The van der Waals surface area contributed by atoms with Gasteiger partial charge in [-0.1, -0.05) is 41.7 Å². The van der Waals surface area contributed by atoms with Crippen LogP contribution in [-0.2, 0) is 4.79 Å². The van der Waals surface area contributed by atoms with E-state index in [0.717, 1.165) is 26.9 Å². The van der Waals surface area contributed by atoms with Crippen LogP contribution in [0.25, 0.3) is 16.3 Å². The molecule has 9 heteroatoms. The molecular weight excluding hydrogens is 504 g/mol. The van der Waals surface area contributed by atoms with Crippen molar-refractivity contribution in [2.24, 2.45) is 0 Å². The molecular formula is C29H28N2O6S. The molecule has 0 aliphatic carbocycles. The van der Waals surface area contributed by atoms with Crippen molar-refractivity contribution >= 4 is 44.5 Å². The van der Waals surface area contributed by atoms with Gasteiger partial charge in [-0.05, 0) is 60.9 Å². The Bertz CT molecular complexity index is 1500. The average molecular weight is 533 g/mol. The van der Waals surface area contributed by atoms with Crippen LogP contribution < -0.4 is 24.3 Å². The number of hydrogen-bond donors (Lipinski definition) is 1. The van der Waals surface area contributed by atoms with Crippen molar-refractivity contribution in [1.29, 1.82) is 0 Å². The number of aromatic nitrogens is 1. The minimum absolute atomic E-state index is 0.173. The van der Waals surface area contributed by atoms with E-state index in [0.29, 0.717) is 33.7 Å². The molecule has 0 saturated heterocycles. The second kappa shape index (κ2) is 11.8. The molecule has 8 nitrogen and oxygen atoms in total. The fourth-order valence-corrected chi connectivity index (χ4v) is 4.77. The summed E-state index contributed by atoms with van der Waals surface area (Å²) in [5.41, 5.74) is 3.93. The molecule has 0 radical (unpaired) electrons. The molecule has 1 heterocycles. The zero-order valence-electron chi connectivity index (χ0n) is 21.8. The highest BCUT2D eigenvalue weighted by atomic mass is 32.1. The fourth-order valence-electron chi connectivity index (χ4n) is 3.81. The van der Waals surface area contributed by atoms with E-state index in [2.05, 4.69) is 10.3 Å². The first-order chi connectivity index (χ1) is 18.3. The van der Waals surface area contributed by atoms with Gasteiger partial charge in [0.1, 0.15) is 5.75 Å². The maximum Gasteiger partial charge on any atom is 0.264 e. The summed E-state index contributed by atoms with van der Waals surface area (Å²) >= 11 is 1.42. The number of allylic oxidation sites excluding steroid dienone is 1. The van der Waals surface area contributed by atoms with Crippen LogP contribution in [0.5, 0.6) is 23.0 Å². The zero-order valence-corrected chi connectivity index (χ0v) is 22.6. The molecule has 0 unspecified atom stereocenters. The SMILES string of the molecule is COc1cc(C(=O)/C=C/c2ccc(C)c(OCC(=O)Nc3nc4c(C)cccc4s3)c2)cc(OC)c1OC. The number of para-hydroxylation sites is 1. The highest BCUT2D eigenvalue weighted by Gasteiger charge is 2.16. The first-order valence-corrected chi connectivity index (χ1v) is 12.6. The van der Waals surface area contributed by atoms with E-state index in [4.69, 9.17) is 18.9 Å². The first kappa shape index (κ1) is 26.7. The fraction of sp³-hybridized carbons (Fsp3) is 0.207. The number of rotatable bonds is 10. The van der Waals surface area contributed by atoms with E-state index in [-0.39, 0.29) is 18.3 Å². The third-order valence-electron chi connectivity index (χ3n) is 5.81. The van der Waals surface area contributed by atoms with Crippen LogP contribution in [0.3, 0.4) is 0 Å². The van der Waals surface area contributed by atoms with E-state index in [1.165, 1.54) is 38.7 Å². The van der Waals surface area contributed by atoms with Gasteiger partial charge < -0.3 is 18.9 Å². The predicted octanol–water partition coefficient (Wildman–Crippen LogP) is 5.85. The van der Waals surface area contributed by atoms with Gasteiger partial charge in [0.05, 0.1) is 31.5 Å². The highest BCUT2D eigenvalue weighted by molar-refractivity contribution is 7.22. The second-order valence-electron chi connectivity index (χ2n) is 8.41. The van der Waals surface area contributed by atoms with Crippen LogP contribution >= 0.6 is 11.3 Å². The lowest BCUT2D eigenvalue weighted by Gasteiger charge is -2.13. The Morgan fingerprint density at radius 1 is 0.921 bits per heavy atom. The lowest BCUT2D eigenvalue weighted by molar-refractivity contribution is -0.118. The van der Waals surface area contributed by atoms with Crippen molar-refractivity contribution in [2.75, 3.05) is 33.3 Å². The number of ketones is 1. The number of carbonyl (C=O) groups is 2. The summed E-state index contributed by atoms with van der Waals surface area (Å²) in [6.45, 7) is 3.70. The molecule has 0 spiro atoms. The number of amides is 1. The van der Waals surface area contributed by atoms with Crippen molar-refractivity contribution in [1.82, 2.24) is 4.98 Å². The Kier molecular flexibility index (Phi) is 8.28. The lowest BCUT2D eigenvalue weighted by Crippen LogP contribution is -2.20. The molecule has 3 aromatic carbocycles. The minimum Gasteiger partial charge on any atom is -0.493 e. The number of anilines is 1. The molecule has 0 bridgehead atoms. The number of nitrogens with zero attached hydrogens (tertiary/aromatic N) is 1. The predicted molar refractivity (Wildman–Crippen MR) is 149 cm³/mol. The Balaban J connectivity index is 1.43. The van der Waals surface area contributed by atoms with E-state index in [9.17, 15) is 9.59 Å². The number of ether oxygens (including phenoxy) is 4. The number of thiazole rings is 1. The average Bonchev–Trinajstić information content (AvgIpc) is 3.34. The van der Waals surface area contributed by atoms with Crippen LogP contribution in [0.4, 0.5) is 5.13 Å².